The maximum Gasteiger partial charge on any atom is 0.137 e. The van der Waals surface area contributed by atoms with Crippen molar-refractivity contribution in [3.8, 4) is 0 Å². The van der Waals surface area contributed by atoms with Crippen molar-refractivity contribution in [3.63, 3.8) is 0 Å². The maximum absolute atomic E-state index is 13.0. The molecular formula is C13H19BrFNO. The third kappa shape index (κ3) is 5.61. The summed E-state index contributed by atoms with van der Waals surface area (Å²) in [7, 11) is 0. The van der Waals surface area contributed by atoms with E-state index in [1.807, 2.05) is 6.92 Å². The number of halogens is 2. The highest BCUT2D eigenvalue weighted by atomic mass is 79.9. The predicted molar refractivity (Wildman–Crippen MR) is 71.3 cm³/mol. The topological polar surface area (TPSA) is 32.3 Å². The van der Waals surface area contributed by atoms with Crippen LogP contribution >= 0.6 is 15.9 Å². The van der Waals surface area contributed by atoms with Crippen LogP contribution in [0.2, 0.25) is 0 Å². The van der Waals surface area contributed by atoms with Crippen LogP contribution in [-0.4, -0.2) is 18.3 Å². The lowest BCUT2D eigenvalue weighted by Crippen LogP contribution is -2.16. The van der Waals surface area contributed by atoms with E-state index >= 15 is 0 Å². The van der Waals surface area contributed by atoms with Gasteiger partial charge in [-0.05, 0) is 58.9 Å². The predicted octanol–water partition coefficient (Wildman–Crippen LogP) is 3.09. The molecule has 2 N–H and O–H groups in total. The SMILES string of the molecule is CC(CO)CCCNCc1ccc(F)c(Br)c1. The fourth-order valence-corrected chi connectivity index (χ4v) is 1.98. The van der Waals surface area contributed by atoms with Gasteiger partial charge in [0.05, 0.1) is 4.47 Å². The van der Waals surface area contributed by atoms with E-state index in [1.165, 1.54) is 6.07 Å². The Labute approximate surface area is 110 Å². The zero-order chi connectivity index (χ0) is 12.7. The van der Waals surface area contributed by atoms with Crippen LogP contribution in [0, 0.1) is 11.7 Å². The van der Waals surface area contributed by atoms with E-state index < -0.39 is 0 Å². The molecule has 0 heterocycles. The number of hydrogen-bond acceptors (Lipinski definition) is 2. The van der Waals surface area contributed by atoms with Crippen LogP contribution in [0.4, 0.5) is 4.39 Å². The lowest BCUT2D eigenvalue weighted by Gasteiger charge is -2.08. The van der Waals surface area contributed by atoms with Crippen LogP contribution in [0.1, 0.15) is 25.3 Å². The van der Waals surface area contributed by atoms with Crippen LogP contribution in [0.3, 0.4) is 0 Å². The fraction of sp³-hybridized carbons (Fsp3) is 0.538. The molecule has 17 heavy (non-hydrogen) atoms. The Kier molecular flexibility index (Phi) is 6.70. The van der Waals surface area contributed by atoms with Gasteiger partial charge in [-0.15, -0.1) is 0 Å². The minimum Gasteiger partial charge on any atom is -0.396 e. The van der Waals surface area contributed by atoms with Gasteiger partial charge in [0.2, 0.25) is 0 Å². The van der Waals surface area contributed by atoms with Crippen LogP contribution in [-0.2, 0) is 6.54 Å². The highest BCUT2D eigenvalue weighted by Gasteiger charge is 2.01. The summed E-state index contributed by atoms with van der Waals surface area (Å²) in [5.41, 5.74) is 1.06. The summed E-state index contributed by atoms with van der Waals surface area (Å²) in [5.74, 6) is 0.141. The quantitative estimate of drug-likeness (QED) is 0.759. The van der Waals surface area contributed by atoms with Crippen molar-refractivity contribution in [2.45, 2.75) is 26.3 Å². The summed E-state index contributed by atoms with van der Waals surface area (Å²) in [5, 5.41) is 12.2. The molecule has 0 aliphatic heterocycles. The summed E-state index contributed by atoms with van der Waals surface area (Å²) < 4.78 is 13.5. The number of nitrogens with one attached hydrogen (secondary N) is 1. The first-order valence-corrected chi connectivity index (χ1v) is 6.68. The first-order valence-electron chi connectivity index (χ1n) is 5.89. The van der Waals surface area contributed by atoms with Gasteiger partial charge in [-0.25, -0.2) is 4.39 Å². The third-order valence-electron chi connectivity index (χ3n) is 2.68. The standard InChI is InChI=1S/C13H19BrFNO/c1-10(9-17)3-2-6-16-8-11-4-5-13(15)12(14)7-11/h4-5,7,10,16-17H,2-3,6,8-9H2,1H3. The average Bonchev–Trinajstić information content (AvgIpc) is 2.33. The molecule has 0 aliphatic rings. The van der Waals surface area contributed by atoms with Gasteiger partial charge < -0.3 is 10.4 Å². The molecule has 1 aromatic carbocycles. The van der Waals surface area contributed by atoms with Crippen LogP contribution < -0.4 is 5.32 Å². The van der Waals surface area contributed by atoms with Gasteiger partial charge in [0, 0.05) is 13.2 Å². The van der Waals surface area contributed by atoms with E-state index in [1.54, 1.807) is 12.1 Å². The molecule has 1 unspecified atom stereocenters. The Morgan fingerprint density at radius 1 is 1.47 bits per heavy atom. The molecule has 0 aliphatic carbocycles. The lowest BCUT2D eigenvalue weighted by atomic mass is 10.1. The molecular weight excluding hydrogens is 285 g/mol. The molecule has 0 saturated carbocycles. The zero-order valence-corrected chi connectivity index (χ0v) is 11.6. The fourth-order valence-electron chi connectivity index (χ4n) is 1.55. The largest absolute Gasteiger partial charge is 0.396 e. The Hall–Kier alpha value is -0.450. The molecule has 2 nitrogen and oxygen atoms in total. The normalized spacial score (nSPS) is 12.7. The summed E-state index contributed by atoms with van der Waals surface area (Å²) in [4.78, 5) is 0. The molecule has 1 rings (SSSR count). The molecule has 4 heteroatoms. The van der Waals surface area contributed by atoms with E-state index in [4.69, 9.17) is 5.11 Å². The smallest absolute Gasteiger partial charge is 0.137 e. The van der Waals surface area contributed by atoms with Crippen molar-refractivity contribution >= 4 is 15.9 Å². The van der Waals surface area contributed by atoms with Crippen LogP contribution in [0.25, 0.3) is 0 Å². The lowest BCUT2D eigenvalue weighted by molar-refractivity contribution is 0.228. The van der Waals surface area contributed by atoms with Gasteiger partial charge in [0.15, 0.2) is 0 Å². The molecule has 1 atom stereocenters. The van der Waals surface area contributed by atoms with E-state index in [2.05, 4.69) is 21.2 Å². The van der Waals surface area contributed by atoms with Crippen molar-refractivity contribution in [2.75, 3.05) is 13.2 Å². The Morgan fingerprint density at radius 3 is 2.88 bits per heavy atom. The summed E-state index contributed by atoms with van der Waals surface area (Å²) >= 11 is 3.17. The second-order valence-electron chi connectivity index (χ2n) is 4.36. The summed E-state index contributed by atoms with van der Waals surface area (Å²) in [6.07, 6.45) is 2.07. The molecule has 0 spiro atoms. The summed E-state index contributed by atoms with van der Waals surface area (Å²) in [6, 6.07) is 5.04. The second kappa shape index (κ2) is 7.80. The highest BCUT2D eigenvalue weighted by Crippen LogP contribution is 2.16. The van der Waals surface area contributed by atoms with Gasteiger partial charge in [0.25, 0.3) is 0 Å². The highest BCUT2D eigenvalue weighted by molar-refractivity contribution is 9.10. The Morgan fingerprint density at radius 2 is 2.24 bits per heavy atom. The van der Waals surface area contributed by atoms with Crippen molar-refractivity contribution in [1.82, 2.24) is 5.32 Å². The first-order chi connectivity index (χ1) is 8.13. The number of hydrogen-bond donors (Lipinski definition) is 2. The van der Waals surface area contributed by atoms with E-state index in [0.717, 1.165) is 31.5 Å². The van der Waals surface area contributed by atoms with Crippen molar-refractivity contribution in [2.24, 2.45) is 5.92 Å². The monoisotopic (exact) mass is 303 g/mol. The molecule has 0 amide bonds. The molecule has 96 valence electrons. The summed E-state index contributed by atoms with van der Waals surface area (Å²) in [6.45, 7) is 3.95. The molecule has 0 radical (unpaired) electrons. The number of aliphatic hydroxyl groups is 1. The molecule has 0 saturated heterocycles. The van der Waals surface area contributed by atoms with Crippen molar-refractivity contribution in [1.29, 1.82) is 0 Å². The van der Waals surface area contributed by atoms with E-state index in [0.29, 0.717) is 10.4 Å². The average molecular weight is 304 g/mol. The van der Waals surface area contributed by atoms with Gasteiger partial charge in [0.1, 0.15) is 5.82 Å². The molecule has 0 fully saturated rings. The first kappa shape index (κ1) is 14.6. The molecule has 0 aromatic heterocycles. The minimum absolute atomic E-state index is 0.231. The molecule has 1 aromatic rings. The molecule has 0 bridgehead atoms. The van der Waals surface area contributed by atoms with E-state index in [-0.39, 0.29) is 12.4 Å². The van der Waals surface area contributed by atoms with Gasteiger partial charge in [-0.2, -0.15) is 0 Å². The number of benzene rings is 1. The Balaban J connectivity index is 2.20. The van der Waals surface area contributed by atoms with Crippen molar-refractivity contribution < 1.29 is 9.50 Å². The van der Waals surface area contributed by atoms with Crippen LogP contribution in [0.5, 0.6) is 0 Å². The maximum atomic E-state index is 13.0. The van der Waals surface area contributed by atoms with Crippen LogP contribution in [0.15, 0.2) is 22.7 Å². The number of aliphatic hydroxyl groups excluding tert-OH is 1. The Bertz CT molecular complexity index is 346. The van der Waals surface area contributed by atoms with Gasteiger partial charge >= 0.3 is 0 Å². The second-order valence-corrected chi connectivity index (χ2v) is 5.21. The van der Waals surface area contributed by atoms with Gasteiger partial charge in [-0.3, -0.25) is 0 Å². The third-order valence-corrected chi connectivity index (χ3v) is 3.28. The van der Waals surface area contributed by atoms with Gasteiger partial charge in [-0.1, -0.05) is 13.0 Å². The van der Waals surface area contributed by atoms with E-state index in [9.17, 15) is 4.39 Å². The van der Waals surface area contributed by atoms with Crippen molar-refractivity contribution in [3.05, 3.63) is 34.1 Å². The minimum atomic E-state index is -0.231. The number of rotatable bonds is 7. The zero-order valence-electron chi connectivity index (χ0n) is 10.0.